The van der Waals surface area contributed by atoms with E-state index < -0.39 is 6.36 Å². The molecule has 0 saturated heterocycles. The fraction of sp³-hybridized carbons (Fsp3) is 0.0909. The SMILES string of the molecule is O=C(CSc1nnc(NC(=O)c2cccc3ccccc23)s1)Nc1ccc(OC(F)(F)F)cc1. The first-order chi connectivity index (χ1) is 16.3. The van der Waals surface area contributed by atoms with Crippen molar-refractivity contribution < 1.29 is 27.5 Å². The third-order valence-electron chi connectivity index (χ3n) is 4.36. The number of anilines is 2. The molecule has 174 valence electrons. The van der Waals surface area contributed by atoms with Gasteiger partial charge in [-0.25, -0.2) is 0 Å². The summed E-state index contributed by atoms with van der Waals surface area (Å²) in [5.41, 5.74) is 0.828. The predicted molar refractivity (Wildman–Crippen MR) is 124 cm³/mol. The molecular weight excluding hydrogens is 489 g/mol. The molecule has 0 bridgehead atoms. The Morgan fingerprint density at radius 2 is 1.68 bits per heavy atom. The lowest BCUT2D eigenvalue weighted by atomic mass is 10.0. The Balaban J connectivity index is 1.30. The van der Waals surface area contributed by atoms with Gasteiger partial charge in [-0.15, -0.1) is 23.4 Å². The third-order valence-corrected chi connectivity index (χ3v) is 6.33. The van der Waals surface area contributed by atoms with Crippen LogP contribution in [0.4, 0.5) is 24.0 Å². The van der Waals surface area contributed by atoms with E-state index in [0.29, 0.717) is 20.7 Å². The lowest BCUT2D eigenvalue weighted by molar-refractivity contribution is -0.274. The average Bonchev–Trinajstić information content (AvgIpc) is 3.25. The molecule has 34 heavy (non-hydrogen) atoms. The second kappa shape index (κ2) is 10.1. The van der Waals surface area contributed by atoms with Crippen molar-refractivity contribution in [2.45, 2.75) is 10.7 Å². The van der Waals surface area contributed by atoms with Gasteiger partial charge in [0.2, 0.25) is 11.0 Å². The van der Waals surface area contributed by atoms with E-state index in [9.17, 15) is 22.8 Å². The normalized spacial score (nSPS) is 11.3. The topological polar surface area (TPSA) is 93.2 Å². The van der Waals surface area contributed by atoms with Crippen LogP contribution in [0.2, 0.25) is 0 Å². The van der Waals surface area contributed by atoms with Crippen LogP contribution in [-0.2, 0) is 4.79 Å². The quantitative estimate of drug-likeness (QED) is 0.252. The van der Waals surface area contributed by atoms with Crippen LogP contribution in [0.25, 0.3) is 10.8 Å². The Bertz CT molecular complexity index is 1320. The number of ether oxygens (including phenoxy) is 1. The highest BCUT2D eigenvalue weighted by Crippen LogP contribution is 2.27. The highest BCUT2D eigenvalue weighted by Gasteiger charge is 2.31. The van der Waals surface area contributed by atoms with Crippen LogP contribution < -0.4 is 15.4 Å². The third kappa shape index (κ3) is 6.23. The zero-order valence-corrected chi connectivity index (χ0v) is 18.8. The zero-order valence-electron chi connectivity index (χ0n) is 17.1. The Morgan fingerprint density at radius 1 is 0.941 bits per heavy atom. The maximum atomic E-state index is 12.7. The number of carbonyl (C=O) groups excluding carboxylic acids is 2. The number of halogens is 3. The van der Waals surface area contributed by atoms with E-state index in [1.165, 1.54) is 12.1 Å². The van der Waals surface area contributed by atoms with E-state index in [0.717, 1.165) is 46.0 Å². The molecule has 0 aliphatic carbocycles. The molecule has 1 aromatic heterocycles. The molecule has 0 radical (unpaired) electrons. The van der Waals surface area contributed by atoms with Crippen molar-refractivity contribution in [1.82, 2.24) is 10.2 Å². The summed E-state index contributed by atoms with van der Waals surface area (Å²) in [7, 11) is 0. The van der Waals surface area contributed by atoms with Crippen LogP contribution >= 0.6 is 23.1 Å². The Kier molecular flexibility index (Phi) is 6.98. The lowest BCUT2D eigenvalue weighted by Gasteiger charge is -2.09. The molecule has 4 aromatic rings. The summed E-state index contributed by atoms with van der Waals surface area (Å²) in [5.74, 6) is -1.09. The van der Waals surface area contributed by atoms with Crippen LogP contribution in [0, 0.1) is 0 Å². The predicted octanol–water partition coefficient (Wildman–Crippen LogP) is 5.57. The highest BCUT2D eigenvalue weighted by atomic mass is 32.2. The minimum atomic E-state index is -4.78. The van der Waals surface area contributed by atoms with Gasteiger partial charge in [0, 0.05) is 11.3 Å². The fourth-order valence-electron chi connectivity index (χ4n) is 2.97. The van der Waals surface area contributed by atoms with Crippen LogP contribution in [0.3, 0.4) is 0 Å². The summed E-state index contributed by atoms with van der Waals surface area (Å²) in [6.45, 7) is 0. The second-order valence-electron chi connectivity index (χ2n) is 6.76. The van der Waals surface area contributed by atoms with Crippen LogP contribution in [0.5, 0.6) is 5.75 Å². The van der Waals surface area contributed by atoms with Crippen LogP contribution in [0.15, 0.2) is 71.1 Å². The van der Waals surface area contributed by atoms with Gasteiger partial charge in [-0.1, -0.05) is 59.5 Å². The number of fused-ring (bicyclic) bond motifs is 1. The number of rotatable bonds is 7. The minimum Gasteiger partial charge on any atom is -0.406 e. The van der Waals surface area contributed by atoms with E-state index in [4.69, 9.17) is 0 Å². The van der Waals surface area contributed by atoms with E-state index in [1.54, 1.807) is 12.1 Å². The maximum Gasteiger partial charge on any atom is 0.573 e. The summed E-state index contributed by atoms with van der Waals surface area (Å²) in [6, 6.07) is 17.8. The van der Waals surface area contributed by atoms with Gasteiger partial charge in [0.1, 0.15) is 5.75 Å². The number of nitrogens with one attached hydrogen (secondary N) is 2. The summed E-state index contributed by atoms with van der Waals surface area (Å²) in [6.07, 6.45) is -4.78. The Labute approximate surface area is 199 Å². The summed E-state index contributed by atoms with van der Waals surface area (Å²) in [4.78, 5) is 24.8. The van der Waals surface area contributed by atoms with Crippen molar-refractivity contribution in [3.63, 3.8) is 0 Å². The lowest BCUT2D eigenvalue weighted by Crippen LogP contribution is -2.17. The first kappa shape index (κ1) is 23.5. The smallest absolute Gasteiger partial charge is 0.406 e. The van der Waals surface area contributed by atoms with Crippen LogP contribution in [-0.4, -0.2) is 34.1 Å². The highest BCUT2D eigenvalue weighted by molar-refractivity contribution is 8.01. The molecule has 0 atom stereocenters. The number of alkyl halides is 3. The number of hydrogen-bond acceptors (Lipinski definition) is 7. The number of nitrogens with zero attached hydrogens (tertiary/aromatic N) is 2. The van der Waals surface area contributed by atoms with E-state index in [2.05, 4.69) is 25.6 Å². The number of amides is 2. The van der Waals surface area contributed by atoms with Crippen molar-refractivity contribution in [2.24, 2.45) is 0 Å². The van der Waals surface area contributed by atoms with E-state index in [-0.39, 0.29) is 23.3 Å². The van der Waals surface area contributed by atoms with Gasteiger partial charge < -0.3 is 10.1 Å². The molecule has 1 heterocycles. The molecule has 0 aliphatic rings. The van der Waals surface area contributed by atoms with Gasteiger partial charge in [-0.2, -0.15) is 0 Å². The molecule has 0 unspecified atom stereocenters. The molecule has 0 spiro atoms. The van der Waals surface area contributed by atoms with Crippen molar-refractivity contribution >= 4 is 56.5 Å². The van der Waals surface area contributed by atoms with Crippen molar-refractivity contribution in [3.05, 3.63) is 72.3 Å². The van der Waals surface area contributed by atoms with Gasteiger partial charge in [0.15, 0.2) is 4.34 Å². The van der Waals surface area contributed by atoms with E-state index in [1.807, 2.05) is 30.3 Å². The molecular formula is C22H15F3N4O3S2. The molecule has 0 fully saturated rings. The minimum absolute atomic E-state index is 0.00724. The standard InChI is InChI=1S/C22H15F3N4O3S2/c23-22(24,25)32-15-10-8-14(9-11-15)26-18(30)12-33-21-29-28-20(34-21)27-19(31)17-7-3-5-13-4-1-2-6-16(13)17/h1-11H,12H2,(H,26,30)(H,27,28,31). The Morgan fingerprint density at radius 3 is 2.44 bits per heavy atom. The van der Waals surface area contributed by atoms with Gasteiger partial charge >= 0.3 is 6.36 Å². The summed E-state index contributed by atoms with van der Waals surface area (Å²) >= 11 is 2.24. The molecule has 2 N–H and O–H groups in total. The first-order valence-corrected chi connectivity index (χ1v) is 11.5. The van der Waals surface area contributed by atoms with Gasteiger partial charge in [-0.3, -0.25) is 14.9 Å². The molecule has 3 aromatic carbocycles. The fourth-order valence-corrected chi connectivity index (χ4v) is 4.52. The average molecular weight is 505 g/mol. The number of aromatic nitrogens is 2. The number of carbonyl (C=O) groups is 2. The van der Waals surface area contributed by atoms with Crippen molar-refractivity contribution in [2.75, 3.05) is 16.4 Å². The van der Waals surface area contributed by atoms with Crippen molar-refractivity contribution in [3.8, 4) is 5.75 Å². The molecule has 4 rings (SSSR count). The maximum absolute atomic E-state index is 12.7. The zero-order chi connectivity index (χ0) is 24.1. The molecule has 7 nitrogen and oxygen atoms in total. The first-order valence-electron chi connectivity index (χ1n) is 9.68. The molecule has 12 heteroatoms. The number of thioether (sulfide) groups is 1. The van der Waals surface area contributed by atoms with Crippen molar-refractivity contribution in [1.29, 1.82) is 0 Å². The largest absolute Gasteiger partial charge is 0.573 e. The summed E-state index contributed by atoms with van der Waals surface area (Å²) < 4.78 is 40.9. The second-order valence-corrected chi connectivity index (χ2v) is 8.96. The van der Waals surface area contributed by atoms with Gasteiger partial charge in [-0.05, 0) is 41.1 Å². The van der Waals surface area contributed by atoms with Gasteiger partial charge in [0.25, 0.3) is 5.91 Å². The molecule has 0 saturated carbocycles. The molecule has 0 aliphatic heterocycles. The van der Waals surface area contributed by atoms with E-state index >= 15 is 0 Å². The number of benzene rings is 3. The summed E-state index contributed by atoms with van der Waals surface area (Å²) in [5, 5.41) is 15.2. The molecule has 2 amide bonds. The van der Waals surface area contributed by atoms with Crippen LogP contribution in [0.1, 0.15) is 10.4 Å². The van der Waals surface area contributed by atoms with Gasteiger partial charge in [0.05, 0.1) is 5.75 Å². The Hall–Kier alpha value is -3.64. The monoisotopic (exact) mass is 504 g/mol. The number of hydrogen-bond donors (Lipinski definition) is 2.